The molecule has 2 heterocycles. The van der Waals surface area contributed by atoms with E-state index in [4.69, 9.17) is 10.5 Å². The lowest BCUT2D eigenvalue weighted by Gasteiger charge is -2.41. The molecule has 1 amide bonds. The monoisotopic (exact) mass is 430 g/mol. The third-order valence-electron chi connectivity index (χ3n) is 6.40. The molecule has 2 aliphatic rings. The number of aliphatic imine (C=N–C) groups is 1. The smallest absolute Gasteiger partial charge is 0.231 e. The SMILES string of the molecule is CN=C(NCC1(NC(C)c2ccccc2)CCOCC1)NC1CCN(CC(N)=O)CC1. The normalized spacial score (nSPS) is 21.4. The van der Waals surface area contributed by atoms with Crippen molar-refractivity contribution in [3.8, 4) is 0 Å². The van der Waals surface area contributed by atoms with Crippen LogP contribution in [0.2, 0.25) is 0 Å². The lowest BCUT2D eigenvalue weighted by molar-refractivity contribution is -0.119. The molecule has 0 bridgehead atoms. The fraction of sp³-hybridized carbons (Fsp3) is 0.652. The molecular formula is C23H38N6O2. The van der Waals surface area contributed by atoms with Gasteiger partial charge < -0.3 is 26.4 Å². The molecule has 31 heavy (non-hydrogen) atoms. The summed E-state index contributed by atoms with van der Waals surface area (Å²) < 4.78 is 5.65. The molecular weight excluding hydrogens is 392 g/mol. The molecule has 0 radical (unpaired) electrons. The number of nitrogens with two attached hydrogens (primary N) is 1. The first-order valence-electron chi connectivity index (χ1n) is 11.4. The van der Waals surface area contributed by atoms with Gasteiger partial charge in [0.15, 0.2) is 5.96 Å². The summed E-state index contributed by atoms with van der Waals surface area (Å²) in [6.07, 6.45) is 3.85. The summed E-state index contributed by atoms with van der Waals surface area (Å²) in [5.74, 6) is 0.566. The molecule has 3 rings (SSSR count). The first kappa shape index (κ1) is 23.5. The van der Waals surface area contributed by atoms with Crippen molar-refractivity contribution in [2.45, 2.75) is 50.2 Å². The Morgan fingerprint density at radius 3 is 2.55 bits per heavy atom. The number of hydrogen-bond donors (Lipinski definition) is 4. The van der Waals surface area contributed by atoms with E-state index in [-0.39, 0.29) is 17.5 Å². The lowest BCUT2D eigenvalue weighted by atomic mass is 9.88. The summed E-state index contributed by atoms with van der Waals surface area (Å²) in [7, 11) is 1.81. The quantitative estimate of drug-likeness (QED) is 0.362. The van der Waals surface area contributed by atoms with Crippen LogP contribution in [0.5, 0.6) is 0 Å². The maximum Gasteiger partial charge on any atom is 0.231 e. The highest BCUT2D eigenvalue weighted by molar-refractivity contribution is 5.80. The number of carbonyl (C=O) groups excluding carboxylic acids is 1. The van der Waals surface area contributed by atoms with E-state index in [0.29, 0.717) is 12.6 Å². The van der Waals surface area contributed by atoms with Gasteiger partial charge in [0, 0.05) is 57.5 Å². The number of benzene rings is 1. The third kappa shape index (κ3) is 7.19. The Morgan fingerprint density at radius 1 is 1.26 bits per heavy atom. The number of guanidine groups is 1. The number of rotatable bonds is 8. The van der Waals surface area contributed by atoms with E-state index in [2.05, 4.69) is 63.1 Å². The van der Waals surface area contributed by atoms with Gasteiger partial charge in [-0.2, -0.15) is 0 Å². The average Bonchev–Trinajstić information content (AvgIpc) is 2.78. The Labute approximate surface area is 186 Å². The van der Waals surface area contributed by atoms with Gasteiger partial charge in [-0.3, -0.25) is 14.7 Å². The van der Waals surface area contributed by atoms with Gasteiger partial charge in [-0.1, -0.05) is 30.3 Å². The number of likely N-dealkylation sites (tertiary alicyclic amines) is 1. The molecule has 2 saturated heterocycles. The maximum atomic E-state index is 11.1. The van der Waals surface area contributed by atoms with Crippen molar-refractivity contribution in [1.82, 2.24) is 20.9 Å². The lowest BCUT2D eigenvalue weighted by Crippen LogP contribution is -2.59. The number of nitrogens with one attached hydrogen (secondary N) is 3. The zero-order chi connectivity index (χ0) is 22.1. The van der Waals surface area contributed by atoms with Crippen LogP contribution in [0.25, 0.3) is 0 Å². The fourth-order valence-electron chi connectivity index (χ4n) is 4.52. The highest BCUT2D eigenvalue weighted by Gasteiger charge is 2.34. The van der Waals surface area contributed by atoms with Gasteiger partial charge >= 0.3 is 0 Å². The van der Waals surface area contributed by atoms with Gasteiger partial charge in [0.2, 0.25) is 5.91 Å². The van der Waals surface area contributed by atoms with E-state index in [0.717, 1.165) is 64.5 Å². The summed E-state index contributed by atoms with van der Waals surface area (Å²) in [5, 5.41) is 11.0. The minimum absolute atomic E-state index is 0.0457. The summed E-state index contributed by atoms with van der Waals surface area (Å²) in [5.41, 5.74) is 6.56. The summed E-state index contributed by atoms with van der Waals surface area (Å²) in [6, 6.07) is 11.2. The molecule has 2 fully saturated rings. The van der Waals surface area contributed by atoms with Crippen molar-refractivity contribution in [2.24, 2.45) is 10.7 Å². The molecule has 8 heteroatoms. The topological polar surface area (TPSA) is 104 Å². The minimum Gasteiger partial charge on any atom is -0.381 e. The average molecular weight is 431 g/mol. The number of hydrogen-bond acceptors (Lipinski definition) is 5. The summed E-state index contributed by atoms with van der Waals surface area (Å²) in [4.78, 5) is 17.7. The van der Waals surface area contributed by atoms with E-state index in [9.17, 15) is 4.79 Å². The predicted octanol–water partition coefficient (Wildman–Crippen LogP) is 1.00. The van der Waals surface area contributed by atoms with Crippen LogP contribution in [0, 0.1) is 0 Å². The maximum absolute atomic E-state index is 11.1. The molecule has 0 aliphatic carbocycles. The Balaban J connectivity index is 1.53. The minimum atomic E-state index is -0.261. The van der Waals surface area contributed by atoms with Gasteiger partial charge in [0.05, 0.1) is 6.54 Å². The first-order valence-corrected chi connectivity index (χ1v) is 11.4. The number of amides is 1. The number of primary amides is 1. The van der Waals surface area contributed by atoms with E-state index < -0.39 is 0 Å². The zero-order valence-electron chi connectivity index (χ0n) is 18.9. The first-order chi connectivity index (χ1) is 15.0. The van der Waals surface area contributed by atoms with Crippen molar-refractivity contribution in [1.29, 1.82) is 0 Å². The highest BCUT2D eigenvalue weighted by Crippen LogP contribution is 2.25. The summed E-state index contributed by atoms with van der Waals surface area (Å²) in [6.45, 7) is 6.62. The summed E-state index contributed by atoms with van der Waals surface area (Å²) >= 11 is 0. The number of carbonyl (C=O) groups is 1. The van der Waals surface area contributed by atoms with Gasteiger partial charge in [-0.05, 0) is 38.2 Å². The van der Waals surface area contributed by atoms with Crippen LogP contribution in [-0.4, -0.2) is 74.8 Å². The van der Waals surface area contributed by atoms with Crippen LogP contribution >= 0.6 is 0 Å². The van der Waals surface area contributed by atoms with Gasteiger partial charge in [0.25, 0.3) is 0 Å². The zero-order valence-corrected chi connectivity index (χ0v) is 18.9. The molecule has 0 saturated carbocycles. The van der Waals surface area contributed by atoms with Gasteiger partial charge in [0.1, 0.15) is 0 Å². The molecule has 172 valence electrons. The largest absolute Gasteiger partial charge is 0.381 e. The second-order valence-electron chi connectivity index (χ2n) is 8.76. The van der Waals surface area contributed by atoms with Crippen LogP contribution < -0.4 is 21.7 Å². The van der Waals surface area contributed by atoms with Crippen molar-refractivity contribution in [3.63, 3.8) is 0 Å². The van der Waals surface area contributed by atoms with E-state index in [1.165, 1.54) is 5.56 Å². The molecule has 0 aromatic heterocycles. The predicted molar refractivity (Wildman–Crippen MR) is 124 cm³/mol. The van der Waals surface area contributed by atoms with E-state index >= 15 is 0 Å². The molecule has 5 N–H and O–H groups in total. The van der Waals surface area contributed by atoms with E-state index in [1.807, 2.05) is 7.05 Å². The molecule has 8 nitrogen and oxygen atoms in total. The van der Waals surface area contributed by atoms with Crippen molar-refractivity contribution < 1.29 is 9.53 Å². The Bertz CT molecular complexity index is 712. The van der Waals surface area contributed by atoms with Crippen molar-refractivity contribution >= 4 is 11.9 Å². The highest BCUT2D eigenvalue weighted by atomic mass is 16.5. The number of nitrogens with zero attached hydrogens (tertiary/aromatic N) is 2. The Morgan fingerprint density at radius 2 is 1.94 bits per heavy atom. The van der Waals surface area contributed by atoms with Crippen LogP contribution in [0.15, 0.2) is 35.3 Å². The van der Waals surface area contributed by atoms with Gasteiger partial charge in [-0.25, -0.2) is 0 Å². The molecule has 1 atom stereocenters. The molecule has 0 spiro atoms. The van der Waals surface area contributed by atoms with Crippen LogP contribution in [0.3, 0.4) is 0 Å². The Hall–Kier alpha value is -2.16. The van der Waals surface area contributed by atoms with Crippen LogP contribution in [0.1, 0.15) is 44.2 Å². The third-order valence-corrected chi connectivity index (χ3v) is 6.40. The molecule has 1 aromatic carbocycles. The number of ether oxygens (including phenoxy) is 1. The fourth-order valence-corrected chi connectivity index (χ4v) is 4.52. The molecule has 2 aliphatic heterocycles. The number of piperidine rings is 1. The standard InChI is InChI=1S/C23H38N6O2/c1-18(19-6-4-3-5-7-19)28-23(10-14-31-15-11-23)17-26-22(25-2)27-20-8-12-29(13-9-20)16-21(24)30/h3-7,18,20,28H,8-17H2,1-2H3,(H2,24,30)(H2,25,26,27). The van der Waals surface area contributed by atoms with Crippen LogP contribution in [0.4, 0.5) is 0 Å². The van der Waals surface area contributed by atoms with Gasteiger partial charge in [-0.15, -0.1) is 0 Å². The second-order valence-corrected chi connectivity index (χ2v) is 8.76. The second kappa shape index (κ2) is 11.5. The van der Waals surface area contributed by atoms with Crippen LogP contribution in [-0.2, 0) is 9.53 Å². The van der Waals surface area contributed by atoms with E-state index in [1.54, 1.807) is 0 Å². The van der Waals surface area contributed by atoms with Crippen molar-refractivity contribution in [3.05, 3.63) is 35.9 Å². The Kier molecular flexibility index (Phi) is 8.69. The molecule has 1 unspecified atom stereocenters. The molecule has 1 aromatic rings. The van der Waals surface area contributed by atoms with Crippen molar-refractivity contribution in [2.75, 3.05) is 46.4 Å².